The van der Waals surface area contributed by atoms with E-state index in [0.717, 1.165) is 6.26 Å². The Kier molecular flexibility index (Phi) is 5.95. The summed E-state index contributed by atoms with van der Waals surface area (Å²) in [6.07, 6.45) is 0.656. The second-order valence-electron chi connectivity index (χ2n) is 5.52. The van der Waals surface area contributed by atoms with Gasteiger partial charge in [0.1, 0.15) is 6.54 Å². The third-order valence-corrected chi connectivity index (χ3v) is 5.67. The topological polar surface area (TPSA) is 107 Å². The van der Waals surface area contributed by atoms with Crippen molar-refractivity contribution in [3.05, 3.63) is 23.3 Å². The molecule has 0 aliphatic carbocycles. The average molecular weight is 363 g/mol. The molecule has 9 heteroatoms. The molecule has 130 valence electrons. The first-order valence-electron chi connectivity index (χ1n) is 6.85. The molecule has 1 N–H and O–H groups in total. The van der Waals surface area contributed by atoms with Crippen LogP contribution in [0.5, 0.6) is 0 Å². The lowest BCUT2D eigenvalue weighted by Crippen LogP contribution is -2.32. The second-order valence-corrected chi connectivity index (χ2v) is 9.24. The van der Waals surface area contributed by atoms with Gasteiger partial charge in [-0.25, -0.2) is 16.8 Å². The predicted octanol–water partition coefficient (Wildman–Crippen LogP) is 0.937. The van der Waals surface area contributed by atoms with E-state index in [4.69, 9.17) is 4.74 Å². The molecule has 23 heavy (non-hydrogen) atoms. The molecule has 0 heterocycles. The van der Waals surface area contributed by atoms with E-state index < -0.39 is 32.4 Å². The Morgan fingerprint density at radius 2 is 1.65 bits per heavy atom. The van der Waals surface area contributed by atoms with Gasteiger partial charge in [-0.3, -0.25) is 4.79 Å². The summed E-state index contributed by atoms with van der Waals surface area (Å²) >= 11 is 0. The molecule has 0 saturated heterocycles. The number of carbonyl (C=O) groups is 1. The smallest absolute Gasteiger partial charge is 0.321 e. The molecule has 0 radical (unpaired) electrons. The minimum atomic E-state index is -4.04. The van der Waals surface area contributed by atoms with E-state index in [1.54, 1.807) is 20.8 Å². The van der Waals surface area contributed by atoms with Gasteiger partial charge < -0.3 is 4.74 Å². The minimum absolute atomic E-state index is 0.0531. The zero-order valence-corrected chi connectivity index (χ0v) is 15.3. The highest BCUT2D eigenvalue weighted by Gasteiger charge is 2.23. The molecule has 0 unspecified atom stereocenters. The second kappa shape index (κ2) is 6.98. The van der Waals surface area contributed by atoms with Crippen molar-refractivity contribution in [2.75, 3.05) is 12.8 Å². The van der Waals surface area contributed by atoms with E-state index in [1.165, 1.54) is 19.1 Å². The number of hydrogen-bond acceptors (Lipinski definition) is 6. The Bertz CT molecular complexity index is 810. The highest BCUT2D eigenvalue weighted by molar-refractivity contribution is 7.91. The predicted molar refractivity (Wildman–Crippen MR) is 85.4 cm³/mol. The zero-order chi connectivity index (χ0) is 18.0. The van der Waals surface area contributed by atoms with Crippen LogP contribution in [0.25, 0.3) is 0 Å². The summed E-state index contributed by atoms with van der Waals surface area (Å²) in [5.41, 5.74) is 0.601. The Morgan fingerprint density at radius 1 is 1.13 bits per heavy atom. The summed E-state index contributed by atoms with van der Waals surface area (Å²) in [7, 11) is -7.61. The molecule has 0 amide bonds. The molecular weight excluding hydrogens is 342 g/mol. The van der Waals surface area contributed by atoms with Gasteiger partial charge in [-0.05, 0) is 51.0 Å². The van der Waals surface area contributed by atoms with Crippen molar-refractivity contribution in [1.29, 1.82) is 0 Å². The first-order chi connectivity index (χ1) is 10.3. The van der Waals surface area contributed by atoms with Crippen LogP contribution < -0.4 is 4.72 Å². The molecular formula is C14H21NO6S2. The third-order valence-electron chi connectivity index (χ3n) is 2.92. The number of aryl methyl sites for hydroxylation is 1. The van der Waals surface area contributed by atoms with E-state index in [9.17, 15) is 21.6 Å². The van der Waals surface area contributed by atoms with E-state index >= 15 is 0 Å². The Morgan fingerprint density at radius 3 is 2.13 bits per heavy atom. The maximum absolute atomic E-state index is 12.4. The SMILES string of the molecule is Cc1cc(S(C)(=O)=O)c(C)c(S(=O)(=O)NCC(=O)OC(C)C)c1. The van der Waals surface area contributed by atoms with Crippen LogP contribution in [0.4, 0.5) is 0 Å². The normalized spacial score (nSPS) is 12.4. The molecule has 0 aliphatic rings. The van der Waals surface area contributed by atoms with Crippen LogP contribution in [0.15, 0.2) is 21.9 Å². The van der Waals surface area contributed by atoms with Gasteiger partial charge in [-0.1, -0.05) is 0 Å². The lowest BCUT2D eigenvalue weighted by Gasteiger charge is -2.14. The summed E-state index contributed by atoms with van der Waals surface area (Å²) in [4.78, 5) is 11.2. The minimum Gasteiger partial charge on any atom is -0.462 e. The Balaban J connectivity index is 3.20. The highest BCUT2D eigenvalue weighted by Crippen LogP contribution is 2.24. The number of hydrogen-bond donors (Lipinski definition) is 1. The number of nitrogens with one attached hydrogen (secondary N) is 1. The number of ether oxygens (including phenoxy) is 1. The van der Waals surface area contributed by atoms with Gasteiger partial charge in [-0.2, -0.15) is 4.72 Å². The summed E-state index contributed by atoms with van der Waals surface area (Å²) in [6.45, 7) is 5.78. The molecule has 1 aromatic rings. The lowest BCUT2D eigenvalue weighted by molar-refractivity contribution is -0.145. The fourth-order valence-electron chi connectivity index (χ4n) is 1.99. The van der Waals surface area contributed by atoms with Gasteiger partial charge in [0, 0.05) is 6.26 Å². The van der Waals surface area contributed by atoms with Crippen molar-refractivity contribution in [3.8, 4) is 0 Å². The summed E-state index contributed by atoms with van der Waals surface area (Å²) in [5, 5.41) is 0. The molecule has 1 rings (SSSR count). The van der Waals surface area contributed by atoms with Crippen LogP contribution >= 0.6 is 0 Å². The van der Waals surface area contributed by atoms with Crippen LogP contribution in [-0.2, 0) is 29.4 Å². The molecule has 0 atom stereocenters. The standard InChI is InChI=1S/C14H21NO6S2/c1-9(2)21-14(16)8-15-23(19,20)13-7-10(3)6-12(11(13)4)22(5,17)18/h6-7,9,15H,8H2,1-5H3. The first kappa shape index (κ1) is 19.6. The fourth-order valence-corrected chi connectivity index (χ4v) is 4.44. The number of rotatable bonds is 6. The molecule has 0 fully saturated rings. The van der Waals surface area contributed by atoms with Crippen LogP contribution in [0.1, 0.15) is 25.0 Å². The van der Waals surface area contributed by atoms with Crippen LogP contribution in [0.2, 0.25) is 0 Å². The fraction of sp³-hybridized carbons (Fsp3) is 0.500. The van der Waals surface area contributed by atoms with Gasteiger partial charge in [0.25, 0.3) is 0 Å². The summed E-state index contributed by atoms with van der Waals surface area (Å²) in [6, 6.07) is 2.77. The summed E-state index contributed by atoms with van der Waals surface area (Å²) in [5.74, 6) is -0.711. The van der Waals surface area contributed by atoms with Gasteiger partial charge in [0.15, 0.2) is 9.84 Å². The van der Waals surface area contributed by atoms with Crippen molar-refractivity contribution >= 4 is 25.8 Å². The van der Waals surface area contributed by atoms with E-state index in [2.05, 4.69) is 4.72 Å². The van der Waals surface area contributed by atoms with Crippen molar-refractivity contribution in [2.45, 2.75) is 43.6 Å². The van der Waals surface area contributed by atoms with Crippen LogP contribution in [0.3, 0.4) is 0 Å². The number of sulfonamides is 1. The van der Waals surface area contributed by atoms with Crippen molar-refractivity contribution < 1.29 is 26.4 Å². The van der Waals surface area contributed by atoms with Gasteiger partial charge in [0.2, 0.25) is 10.0 Å². The highest BCUT2D eigenvalue weighted by atomic mass is 32.2. The van der Waals surface area contributed by atoms with Crippen molar-refractivity contribution in [2.24, 2.45) is 0 Å². The van der Waals surface area contributed by atoms with E-state index in [0.29, 0.717) is 5.56 Å². The molecule has 0 spiro atoms. The zero-order valence-electron chi connectivity index (χ0n) is 13.7. The molecule has 0 aromatic heterocycles. The maximum atomic E-state index is 12.4. The van der Waals surface area contributed by atoms with Gasteiger partial charge in [0.05, 0.1) is 15.9 Å². The molecule has 0 bridgehead atoms. The quantitative estimate of drug-likeness (QED) is 0.754. The Hall–Kier alpha value is -1.45. The van der Waals surface area contributed by atoms with Crippen molar-refractivity contribution in [1.82, 2.24) is 4.72 Å². The van der Waals surface area contributed by atoms with Gasteiger partial charge in [-0.15, -0.1) is 0 Å². The number of sulfone groups is 1. The largest absolute Gasteiger partial charge is 0.462 e. The number of esters is 1. The third kappa shape index (κ3) is 5.29. The lowest BCUT2D eigenvalue weighted by atomic mass is 10.2. The summed E-state index contributed by atoms with van der Waals surface area (Å²) < 4.78 is 55.3. The van der Waals surface area contributed by atoms with E-state index in [-0.39, 0.29) is 21.5 Å². The molecule has 1 aromatic carbocycles. The number of benzene rings is 1. The van der Waals surface area contributed by atoms with Crippen molar-refractivity contribution in [3.63, 3.8) is 0 Å². The van der Waals surface area contributed by atoms with E-state index in [1.807, 2.05) is 0 Å². The van der Waals surface area contributed by atoms with Crippen LogP contribution in [-0.4, -0.2) is 41.7 Å². The number of carbonyl (C=O) groups excluding carboxylic acids is 1. The van der Waals surface area contributed by atoms with Gasteiger partial charge >= 0.3 is 5.97 Å². The molecule has 7 nitrogen and oxygen atoms in total. The molecule has 0 aliphatic heterocycles. The maximum Gasteiger partial charge on any atom is 0.321 e. The van der Waals surface area contributed by atoms with Crippen LogP contribution in [0, 0.1) is 13.8 Å². The monoisotopic (exact) mass is 363 g/mol. The first-order valence-corrected chi connectivity index (χ1v) is 10.2. The molecule has 0 saturated carbocycles. The Labute approximate surface area is 137 Å². The average Bonchev–Trinajstić information content (AvgIpc) is 2.36.